The summed E-state index contributed by atoms with van der Waals surface area (Å²) >= 11 is 2.95. The molecule has 2 N–H and O–H groups in total. The molecular formula is C24H22N4O2S2. The summed E-state index contributed by atoms with van der Waals surface area (Å²) in [6, 6.07) is 19.0. The lowest BCUT2D eigenvalue weighted by atomic mass is 10.2. The number of benzene rings is 2. The molecule has 0 aliphatic heterocycles. The topological polar surface area (TPSA) is 76.0 Å². The van der Waals surface area contributed by atoms with E-state index in [1.54, 1.807) is 23.6 Å². The van der Waals surface area contributed by atoms with E-state index in [0.29, 0.717) is 17.3 Å². The van der Waals surface area contributed by atoms with Crippen LogP contribution in [0.4, 0.5) is 5.69 Å². The summed E-state index contributed by atoms with van der Waals surface area (Å²) in [5, 5.41) is 8.50. The van der Waals surface area contributed by atoms with Crippen LogP contribution < -0.4 is 10.6 Å². The summed E-state index contributed by atoms with van der Waals surface area (Å²) in [4.78, 5) is 30.4. The Bertz CT molecular complexity index is 1200. The van der Waals surface area contributed by atoms with Gasteiger partial charge in [-0.2, -0.15) is 0 Å². The summed E-state index contributed by atoms with van der Waals surface area (Å²) in [6.45, 7) is 2.51. The molecule has 0 atom stereocenters. The van der Waals surface area contributed by atoms with Gasteiger partial charge in [0.15, 0.2) is 5.16 Å². The predicted octanol–water partition coefficient (Wildman–Crippen LogP) is 4.90. The van der Waals surface area contributed by atoms with E-state index >= 15 is 0 Å². The quantitative estimate of drug-likeness (QED) is 0.365. The lowest BCUT2D eigenvalue weighted by molar-refractivity contribution is -0.113. The van der Waals surface area contributed by atoms with Crippen molar-refractivity contribution < 1.29 is 9.59 Å². The number of aryl methyl sites for hydroxylation is 1. The number of hydrogen-bond donors (Lipinski definition) is 2. The summed E-state index contributed by atoms with van der Waals surface area (Å²) in [5.41, 5.74) is 3.29. The van der Waals surface area contributed by atoms with Gasteiger partial charge in [0.1, 0.15) is 0 Å². The molecule has 0 aliphatic carbocycles. The number of nitrogens with zero attached hydrogens (tertiary/aromatic N) is 2. The molecule has 0 aliphatic rings. The minimum atomic E-state index is -0.132. The van der Waals surface area contributed by atoms with Gasteiger partial charge >= 0.3 is 0 Å². The number of anilines is 1. The zero-order valence-electron chi connectivity index (χ0n) is 17.4. The van der Waals surface area contributed by atoms with Crippen LogP contribution in [-0.2, 0) is 11.3 Å². The Morgan fingerprint density at radius 3 is 2.72 bits per heavy atom. The number of carbonyl (C=O) groups excluding carboxylic acids is 2. The lowest BCUT2D eigenvalue weighted by Gasteiger charge is -2.10. The van der Waals surface area contributed by atoms with E-state index in [-0.39, 0.29) is 17.6 Å². The first-order valence-electron chi connectivity index (χ1n) is 10.0. The summed E-state index contributed by atoms with van der Waals surface area (Å²) < 4.78 is 1.87. The fourth-order valence-corrected chi connectivity index (χ4v) is 4.45. The van der Waals surface area contributed by atoms with Crippen LogP contribution in [-0.4, -0.2) is 27.1 Å². The van der Waals surface area contributed by atoms with E-state index in [4.69, 9.17) is 0 Å². The third kappa shape index (κ3) is 5.66. The molecule has 8 heteroatoms. The highest BCUT2D eigenvalue weighted by Gasteiger charge is 2.12. The van der Waals surface area contributed by atoms with E-state index in [1.807, 2.05) is 77.7 Å². The molecule has 4 rings (SSSR count). The van der Waals surface area contributed by atoms with Crippen LogP contribution in [0.25, 0.3) is 5.69 Å². The molecule has 0 fully saturated rings. The number of thiophene rings is 1. The summed E-state index contributed by atoms with van der Waals surface area (Å²) in [7, 11) is 0. The van der Waals surface area contributed by atoms with Crippen LogP contribution in [0.2, 0.25) is 0 Å². The number of aromatic nitrogens is 2. The maximum atomic E-state index is 12.6. The molecule has 0 spiro atoms. The number of hydrogen-bond acceptors (Lipinski definition) is 5. The fraction of sp³-hybridized carbons (Fsp3) is 0.125. The molecule has 0 radical (unpaired) electrons. The van der Waals surface area contributed by atoms with Gasteiger partial charge in [-0.3, -0.25) is 14.2 Å². The minimum absolute atomic E-state index is 0.102. The molecule has 0 bridgehead atoms. The third-order valence-corrected chi connectivity index (χ3v) is 6.51. The molecular weight excluding hydrogens is 440 g/mol. The van der Waals surface area contributed by atoms with Crippen molar-refractivity contribution in [3.05, 3.63) is 94.4 Å². The van der Waals surface area contributed by atoms with Crippen LogP contribution in [0.1, 0.15) is 20.8 Å². The Balaban J connectivity index is 1.39. The molecule has 4 aromatic rings. The summed E-state index contributed by atoms with van der Waals surface area (Å²) in [5.74, 6) is -0.00606. The van der Waals surface area contributed by atoms with Crippen LogP contribution >= 0.6 is 23.1 Å². The monoisotopic (exact) mass is 462 g/mol. The molecule has 2 aromatic carbocycles. The Kier molecular flexibility index (Phi) is 7.03. The molecule has 6 nitrogen and oxygen atoms in total. The Morgan fingerprint density at radius 2 is 1.94 bits per heavy atom. The van der Waals surface area contributed by atoms with Gasteiger partial charge in [-0.1, -0.05) is 41.6 Å². The van der Waals surface area contributed by atoms with Crippen molar-refractivity contribution in [2.75, 3.05) is 11.1 Å². The fourth-order valence-electron chi connectivity index (χ4n) is 3.04. The molecule has 32 heavy (non-hydrogen) atoms. The number of carbonyl (C=O) groups is 2. The first-order valence-corrected chi connectivity index (χ1v) is 11.9. The van der Waals surface area contributed by atoms with Crippen molar-refractivity contribution in [2.24, 2.45) is 0 Å². The van der Waals surface area contributed by atoms with Crippen molar-refractivity contribution >= 4 is 40.6 Å². The highest BCUT2D eigenvalue weighted by atomic mass is 32.2. The van der Waals surface area contributed by atoms with Crippen LogP contribution in [0, 0.1) is 6.92 Å². The lowest BCUT2D eigenvalue weighted by Crippen LogP contribution is -2.22. The molecule has 162 valence electrons. The second-order valence-electron chi connectivity index (χ2n) is 7.10. The number of thioether (sulfide) groups is 1. The van der Waals surface area contributed by atoms with Crippen molar-refractivity contribution in [3.63, 3.8) is 0 Å². The van der Waals surface area contributed by atoms with Gasteiger partial charge in [0.2, 0.25) is 5.91 Å². The predicted molar refractivity (Wildman–Crippen MR) is 130 cm³/mol. The minimum Gasteiger partial charge on any atom is -0.347 e. The van der Waals surface area contributed by atoms with E-state index in [9.17, 15) is 9.59 Å². The molecule has 0 unspecified atom stereocenters. The average molecular weight is 463 g/mol. The van der Waals surface area contributed by atoms with Gasteiger partial charge in [0, 0.05) is 34.2 Å². The van der Waals surface area contributed by atoms with Crippen molar-refractivity contribution in [1.29, 1.82) is 0 Å². The number of imidazole rings is 1. The normalized spacial score (nSPS) is 10.7. The number of nitrogens with one attached hydrogen (secondary N) is 2. The molecule has 2 amide bonds. The van der Waals surface area contributed by atoms with Crippen molar-refractivity contribution in [3.8, 4) is 5.69 Å². The maximum Gasteiger partial charge on any atom is 0.251 e. The molecule has 0 saturated carbocycles. The van der Waals surface area contributed by atoms with E-state index in [2.05, 4.69) is 15.6 Å². The van der Waals surface area contributed by atoms with Crippen LogP contribution in [0.15, 0.2) is 83.6 Å². The Hall–Kier alpha value is -3.36. The number of rotatable bonds is 8. The highest BCUT2D eigenvalue weighted by molar-refractivity contribution is 7.99. The SMILES string of the molecule is Cc1ccc(NC(=O)CSc2nccn2-c2cccc(C(=O)NCc3cccs3)c2)cc1. The Morgan fingerprint density at radius 1 is 1.09 bits per heavy atom. The van der Waals surface area contributed by atoms with Gasteiger partial charge in [0.05, 0.1) is 12.3 Å². The number of amides is 2. The van der Waals surface area contributed by atoms with Gasteiger partial charge in [-0.15, -0.1) is 11.3 Å². The van der Waals surface area contributed by atoms with Crippen molar-refractivity contribution in [1.82, 2.24) is 14.9 Å². The standard InChI is InChI=1S/C24H22N4O2S2/c1-17-7-9-19(10-8-17)27-22(29)16-32-24-25-11-12-28(24)20-5-2-4-18(14-20)23(30)26-15-21-6-3-13-31-21/h2-14H,15-16H2,1H3,(H,26,30)(H,27,29). The maximum absolute atomic E-state index is 12.6. The summed E-state index contributed by atoms with van der Waals surface area (Å²) in [6.07, 6.45) is 3.51. The highest BCUT2D eigenvalue weighted by Crippen LogP contribution is 2.22. The van der Waals surface area contributed by atoms with Gasteiger partial charge in [-0.25, -0.2) is 4.98 Å². The molecule has 2 aromatic heterocycles. The average Bonchev–Trinajstić information content (AvgIpc) is 3.50. The van der Waals surface area contributed by atoms with E-state index in [1.165, 1.54) is 11.8 Å². The third-order valence-electron chi connectivity index (χ3n) is 4.66. The van der Waals surface area contributed by atoms with Gasteiger partial charge in [0.25, 0.3) is 5.91 Å². The van der Waals surface area contributed by atoms with Crippen molar-refractivity contribution in [2.45, 2.75) is 18.6 Å². The van der Waals surface area contributed by atoms with Crippen LogP contribution in [0.5, 0.6) is 0 Å². The second kappa shape index (κ2) is 10.3. The zero-order chi connectivity index (χ0) is 22.3. The van der Waals surface area contributed by atoms with E-state index in [0.717, 1.165) is 21.8 Å². The van der Waals surface area contributed by atoms with E-state index < -0.39 is 0 Å². The van der Waals surface area contributed by atoms with Gasteiger partial charge in [-0.05, 0) is 48.7 Å². The second-order valence-corrected chi connectivity index (χ2v) is 9.07. The first kappa shape index (κ1) is 21.9. The largest absolute Gasteiger partial charge is 0.347 e. The van der Waals surface area contributed by atoms with Crippen LogP contribution in [0.3, 0.4) is 0 Å². The molecule has 2 heterocycles. The van der Waals surface area contributed by atoms with Gasteiger partial charge < -0.3 is 10.6 Å². The zero-order valence-corrected chi connectivity index (χ0v) is 19.1. The smallest absolute Gasteiger partial charge is 0.251 e. The first-order chi connectivity index (χ1) is 15.6. The Labute approximate surface area is 194 Å². The molecule has 0 saturated heterocycles.